The van der Waals surface area contributed by atoms with E-state index in [1.165, 1.54) is 0 Å². The number of hydrogen-bond donors (Lipinski definition) is 1. The van der Waals surface area contributed by atoms with Crippen LogP contribution in [0.1, 0.15) is 57.4 Å². The number of carbonyl (C=O) groups is 1. The zero-order chi connectivity index (χ0) is 19.0. The maximum atomic E-state index is 13.0. The van der Waals surface area contributed by atoms with Crippen LogP contribution in [0.25, 0.3) is 0 Å². The average Bonchev–Trinajstić information content (AvgIpc) is 2.93. The monoisotopic (exact) mass is 369 g/mol. The molecule has 1 heterocycles. The molecular weight excluding hydrogens is 343 g/mol. The first kappa shape index (κ1) is 19.2. The van der Waals surface area contributed by atoms with E-state index in [0.717, 1.165) is 12.1 Å². The number of alkyl halides is 3. The first-order chi connectivity index (χ1) is 12.2. The Morgan fingerprint density at radius 2 is 1.69 bits per heavy atom. The van der Waals surface area contributed by atoms with E-state index in [4.69, 9.17) is 0 Å². The van der Waals surface area contributed by atoms with Crippen LogP contribution in [0.3, 0.4) is 0 Å². The van der Waals surface area contributed by atoms with E-state index in [2.05, 4.69) is 0 Å². The molecule has 1 saturated carbocycles. The smallest absolute Gasteiger partial charge is 0.389 e. The molecule has 1 aliphatic carbocycles. The van der Waals surface area contributed by atoms with E-state index in [1.807, 2.05) is 6.92 Å². The molecule has 26 heavy (non-hydrogen) atoms. The summed E-state index contributed by atoms with van der Waals surface area (Å²) in [7, 11) is 0. The summed E-state index contributed by atoms with van der Waals surface area (Å²) in [6.45, 7) is 2.60. The number of aliphatic hydroxyl groups is 1. The summed E-state index contributed by atoms with van der Waals surface area (Å²) >= 11 is 0. The van der Waals surface area contributed by atoms with Crippen molar-refractivity contribution < 1.29 is 23.1 Å². The second-order valence-electron chi connectivity index (χ2n) is 7.85. The van der Waals surface area contributed by atoms with Gasteiger partial charge in [-0.2, -0.15) is 13.2 Å². The zero-order valence-electron chi connectivity index (χ0n) is 15.1. The molecule has 0 atom stereocenters. The predicted molar refractivity (Wildman–Crippen MR) is 93.9 cm³/mol. The summed E-state index contributed by atoms with van der Waals surface area (Å²) in [4.78, 5) is 14.8. The molecule has 0 unspecified atom stereocenters. The Bertz CT molecular complexity index is 646. The number of hydrogen-bond acceptors (Lipinski definition) is 2. The first-order valence-corrected chi connectivity index (χ1v) is 9.37. The van der Waals surface area contributed by atoms with Gasteiger partial charge in [-0.15, -0.1) is 0 Å². The fraction of sp³-hybridized carbons (Fsp3) is 0.650. The summed E-state index contributed by atoms with van der Waals surface area (Å²) in [5.74, 6) is 0.0960. The zero-order valence-corrected chi connectivity index (χ0v) is 15.1. The van der Waals surface area contributed by atoms with Crippen molar-refractivity contribution in [2.24, 2.45) is 5.41 Å². The van der Waals surface area contributed by atoms with Gasteiger partial charge in [-0.3, -0.25) is 4.79 Å². The lowest BCUT2D eigenvalue weighted by Gasteiger charge is -2.40. The van der Waals surface area contributed by atoms with E-state index in [-0.39, 0.29) is 17.7 Å². The molecule has 1 aromatic rings. The molecule has 1 aromatic carbocycles. The molecule has 1 N–H and O–H groups in total. The van der Waals surface area contributed by atoms with Crippen molar-refractivity contribution in [2.75, 3.05) is 11.4 Å². The van der Waals surface area contributed by atoms with E-state index in [0.29, 0.717) is 44.2 Å². The van der Waals surface area contributed by atoms with Gasteiger partial charge in [0.2, 0.25) is 5.91 Å². The highest BCUT2D eigenvalue weighted by Crippen LogP contribution is 2.49. The van der Waals surface area contributed by atoms with Crippen LogP contribution in [0, 0.1) is 5.41 Å². The molecule has 0 aromatic heterocycles. The lowest BCUT2D eigenvalue weighted by Crippen LogP contribution is -2.43. The highest BCUT2D eigenvalue weighted by molar-refractivity contribution is 6.00. The quantitative estimate of drug-likeness (QED) is 0.841. The third-order valence-corrected chi connectivity index (χ3v) is 6.25. The number of aryl methyl sites for hydroxylation is 1. The van der Waals surface area contributed by atoms with Crippen LogP contribution in [0.5, 0.6) is 0 Å². The van der Waals surface area contributed by atoms with Crippen LogP contribution >= 0.6 is 0 Å². The SMILES string of the molecule is CCC1(O)CCC2(CCN(c3ccc(CCC(F)(F)F)cc3)C2=O)CC1. The number of nitrogens with zero attached hydrogens (tertiary/aromatic N) is 1. The predicted octanol–water partition coefficient (Wildman–Crippen LogP) is 4.62. The van der Waals surface area contributed by atoms with Crippen molar-refractivity contribution in [1.29, 1.82) is 0 Å². The van der Waals surface area contributed by atoms with Crippen LogP contribution in [-0.4, -0.2) is 29.3 Å². The highest BCUT2D eigenvalue weighted by Gasteiger charge is 2.51. The number of amides is 1. The molecule has 144 valence electrons. The Kier molecular flexibility index (Phi) is 5.08. The van der Waals surface area contributed by atoms with Gasteiger partial charge in [-0.1, -0.05) is 19.1 Å². The lowest BCUT2D eigenvalue weighted by atomic mass is 9.67. The maximum Gasteiger partial charge on any atom is 0.389 e. The fourth-order valence-corrected chi connectivity index (χ4v) is 4.21. The van der Waals surface area contributed by atoms with Crippen molar-refractivity contribution in [3.8, 4) is 0 Å². The molecule has 6 heteroatoms. The number of halogens is 3. The molecular formula is C20H26F3NO2. The Hall–Kier alpha value is -1.56. The number of carbonyl (C=O) groups excluding carboxylic acids is 1. The van der Waals surface area contributed by atoms with E-state index in [9.17, 15) is 23.1 Å². The summed E-state index contributed by atoms with van der Waals surface area (Å²) in [5.41, 5.74) is 0.354. The largest absolute Gasteiger partial charge is 0.390 e. The van der Waals surface area contributed by atoms with Gasteiger partial charge in [0.05, 0.1) is 11.0 Å². The van der Waals surface area contributed by atoms with E-state index < -0.39 is 18.2 Å². The van der Waals surface area contributed by atoms with Gasteiger partial charge in [0.15, 0.2) is 0 Å². The minimum Gasteiger partial charge on any atom is -0.390 e. The van der Waals surface area contributed by atoms with Gasteiger partial charge in [0.25, 0.3) is 0 Å². The van der Waals surface area contributed by atoms with Crippen molar-refractivity contribution in [2.45, 2.75) is 70.1 Å². The fourth-order valence-electron chi connectivity index (χ4n) is 4.21. The van der Waals surface area contributed by atoms with Gasteiger partial charge in [0.1, 0.15) is 0 Å². The molecule has 0 radical (unpaired) electrons. The van der Waals surface area contributed by atoms with Crippen molar-refractivity contribution >= 4 is 11.6 Å². The Morgan fingerprint density at radius 3 is 2.23 bits per heavy atom. The van der Waals surface area contributed by atoms with Crippen LogP contribution in [0.15, 0.2) is 24.3 Å². The molecule has 2 aliphatic rings. The summed E-state index contributed by atoms with van der Waals surface area (Å²) in [5, 5.41) is 10.4. The van der Waals surface area contributed by atoms with Crippen LogP contribution in [0.2, 0.25) is 0 Å². The van der Waals surface area contributed by atoms with Gasteiger partial charge in [0, 0.05) is 18.7 Å². The second kappa shape index (κ2) is 6.87. The summed E-state index contributed by atoms with van der Waals surface area (Å²) in [6.07, 6.45) is -0.833. The number of benzene rings is 1. The third kappa shape index (κ3) is 3.90. The van der Waals surface area contributed by atoms with E-state index in [1.54, 1.807) is 29.2 Å². The molecule has 1 aliphatic heterocycles. The molecule has 2 fully saturated rings. The topological polar surface area (TPSA) is 40.5 Å². The van der Waals surface area contributed by atoms with Crippen LogP contribution in [0.4, 0.5) is 18.9 Å². The molecule has 3 nitrogen and oxygen atoms in total. The Morgan fingerprint density at radius 1 is 1.08 bits per heavy atom. The molecule has 3 rings (SSSR count). The second-order valence-corrected chi connectivity index (χ2v) is 7.85. The Labute approximate surface area is 152 Å². The van der Waals surface area contributed by atoms with Crippen molar-refractivity contribution in [3.05, 3.63) is 29.8 Å². The molecule has 1 saturated heterocycles. The number of anilines is 1. The summed E-state index contributed by atoms with van der Waals surface area (Å²) in [6, 6.07) is 6.84. The normalized spacial score (nSPS) is 29.6. The molecule has 1 spiro atoms. The summed E-state index contributed by atoms with van der Waals surface area (Å²) < 4.78 is 37.0. The van der Waals surface area contributed by atoms with Crippen molar-refractivity contribution in [3.63, 3.8) is 0 Å². The van der Waals surface area contributed by atoms with Crippen LogP contribution < -0.4 is 4.90 Å². The molecule has 1 amide bonds. The van der Waals surface area contributed by atoms with Gasteiger partial charge >= 0.3 is 6.18 Å². The lowest BCUT2D eigenvalue weighted by molar-refractivity contribution is -0.134. The molecule has 0 bridgehead atoms. The average molecular weight is 369 g/mol. The van der Waals surface area contributed by atoms with Crippen LogP contribution in [-0.2, 0) is 11.2 Å². The Balaban J connectivity index is 1.65. The number of rotatable bonds is 4. The maximum absolute atomic E-state index is 13.0. The third-order valence-electron chi connectivity index (χ3n) is 6.25. The first-order valence-electron chi connectivity index (χ1n) is 9.37. The van der Waals surface area contributed by atoms with Gasteiger partial charge in [-0.05, 0) is 62.6 Å². The van der Waals surface area contributed by atoms with Gasteiger partial charge in [-0.25, -0.2) is 0 Å². The highest BCUT2D eigenvalue weighted by atomic mass is 19.4. The minimum atomic E-state index is -4.16. The standard InChI is InChI=1S/C20H26F3NO2/c1-2-19(26)11-9-18(10-12-19)13-14-24(17(18)25)16-5-3-15(4-6-16)7-8-20(21,22)23/h3-6,26H,2,7-14H2,1H3. The van der Waals surface area contributed by atoms with Gasteiger partial charge < -0.3 is 10.0 Å². The minimum absolute atomic E-state index is 0.0444. The van der Waals surface area contributed by atoms with E-state index >= 15 is 0 Å². The van der Waals surface area contributed by atoms with Crippen molar-refractivity contribution in [1.82, 2.24) is 0 Å².